The zero-order valence-electron chi connectivity index (χ0n) is 14.4. The molecule has 0 saturated carbocycles. The molecule has 130 valence electrons. The van der Waals surface area contributed by atoms with Crippen LogP contribution < -0.4 is 4.74 Å². The van der Waals surface area contributed by atoms with Crippen LogP contribution in [0, 0.1) is 5.92 Å². The van der Waals surface area contributed by atoms with E-state index in [4.69, 9.17) is 15.0 Å². The molecule has 1 heterocycles. The third-order valence-corrected chi connectivity index (χ3v) is 3.76. The van der Waals surface area contributed by atoms with Gasteiger partial charge in [0.05, 0.1) is 12.3 Å². The van der Waals surface area contributed by atoms with Gasteiger partial charge in [-0.2, -0.15) is 0 Å². The van der Waals surface area contributed by atoms with Crippen LogP contribution in [-0.4, -0.2) is 36.3 Å². The first-order valence-electron chi connectivity index (χ1n) is 8.14. The van der Waals surface area contributed by atoms with Gasteiger partial charge in [0.15, 0.2) is 0 Å². The van der Waals surface area contributed by atoms with E-state index in [-0.39, 0.29) is 6.09 Å². The van der Waals surface area contributed by atoms with Gasteiger partial charge < -0.3 is 14.4 Å². The number of hydrogen-bond acceptors (Lipinski definition) is 4. The molecule has 1 aromatic carbocycles. The third-order valence-electron chi connectivity index (χ3n) is 3.76. The number of para-hydroxylation sites is 1. The lowest BCUT2D eigenvalue weighted by atomic mass is 9.98. The minimum absolute atomic E-state index is 0.254. The average molecular weight is 332 g/mol. The molecule has 1 amide bonds. The minimum Gasteiger partial charge on any atom is -0.493 e. The van der Waals surface area contributed by atoms with Crippen LogP contribution in [0.1, 0.15) is 33.6 Å². The van der Waals surface area contributed by atoms with Crippen LogP contribution >= 0.6 is 0 Å². The number of carbonyl (C=O) groups is 1. The van der Waals surface area contributed by atoms with Gasteiger partial charge in [-0.05, 0) is 57.2 Å². The highest BCUT2D eigenvalue weighted by atomic mass is 16.6. The van der Waals surface area contributed by atoms with E-state index < -0.39 is 5.60 Å². The van der Waals surface area contributed by atoms with Crippen molar-refractivity contribution < 1.29 is 14.3 Å². The number of ether oxygens (including phenoxy) is 2. The molecule has 0 unspecified atom stereocenters. The SMILES string of the molecule is CC(C)(C)OC(=O)N1CCC(COc2ccccc2N=[N+]=[N-])CC1. The molecule has 0 radical (unpaired) electrons. The molecule has 2 rings (SSSR count). The summed E-state index contributed by atoms with van der Waals surface area (Å²) in [4.78, 5) is 16.6. The van der Waals surface area contributed by atoms with Gasteiger partial charge in [0.2, 0.25) is 0 Å². The summed E-state index contributed by atoms with van der Waals surface area (Å²) in [7, 11) is 0. The molecule has 1 aliphatic heterocycles. The van der Waals surface area contributed by atoms with Gasteiger partial charge in [-0.15, -0.1) is 0 Å². The number of carbonyl (C=O) groups excluding carboxylic acids is 1. The van der Waals surface area contributed by atoms with E-state index in [1.807, 2.05) is 26.8 Å². The van der Waals surface area contributed by atoms with Crippen molar-refractivity contribution in [3.63, 3.8) is 0 Å². The van der Waals surface area contributed by atoms with Crippen molar-refractivity contribution in [1.82, 2.24) is 4.90 Å². The first kappa shape index (κ1) is 17.9. The second-order valence-electron chi connectivity index (χ2n) is 6.88. The van der Waals surface area contributed by atoms with Crippen LogP contribution in [0.4, 0.5) is 10.5 Å². The highest BCUT2D eigenvalue weighted by Gasteiger charge is 2.27. The van der Waals surface area contributed by atoms with Crippen LogP contribution in [0.3, 0.4) is 0 Å². The molecular weight excluding hydrogens is 308 g/mol. The van der Waals surface area contributed by atoms with E-state index >= 15 is 0 Å². The number of nitrogens with zero attached hydrogens (tertiary/aromatic N) is 4. The molecule has 1 fully saturated rings. The highest BCUT2D eigenvalue weighted by molar-refractivity contribution is 5.68. The average Bonchev–Trinajstić information content (AvgIpc) is 2.53. The number of benzene rings is 1. The largest absolute Gasteiger partial charge is 0.493 e. The standard InChI is InChI=1S/C17H24N4O3/c1-17(2,3)24-16(22)21-10-8-13(9-11-21)12-23-15-7-5-4-6-14(15)19-20-18/h4-7,13H,8-12H2,1-3H3. The fourth-order valence-electron chi connectivity index (χ4n) is 2.53. The van der Waals surface area contributed by atoms with Crippen molar-refractivity contribution in [3.05, 3.63) is 34.7 Å². The first-order valence-corrected chi connectivity index (χ1v) is 8.14. The number of likely N-dealkylation sites (tertiary alicyclic amines) is 1. The Labute approximate surface area is 142 Å². The van der Waals surface area contributed by atoms with E-state index in [2.05, 4.69) is 10.0 Å². The summed E-state index contributed by atoms with van der Waals surface area (Å²) >= 11 is 0. The first-order chi connectivity index (χ1) is 11.4. The van der Waals surface area contributed by atoms with E-state index in [0.29, 0.717) is 37.1 Å². The van der Waals surface area contributed by atoms with Crippen LogP contribution in [-0.2, 0) is 4.74 Å². The molecule has 1 saturated heterocycles. The monoisotopic (exact) mass is 332 g/mol. The Balaban J connectivity index is 1.82. The summed E-state index contributed by atoms with van der Waals surface area (Å²) < 4.78 is 11.2. The number of azide groups is 1. The summed E-state index contributed by atoms with van der Waals surface area (Å²) in [6.07, 6.45) is 1.47. The van der Waals surface area contributed by atoms with E-state index in [1.165, 1.54) is 0 Å². The van der Waals surface area contributed by atoms with Gasteiger partial charge in [0.25, 0.3) is 0 Å². The lowest BCUT2D eigenvalue weighted by molar-refractivity contribution is 0.0165. The summed E-state index contributed by atoms with van der Waals surface area (Å²) in [5, 5.41) is 3.63. The fraction of sp³-hybridized carbons (Fsp3) is 0.588. The van der Waals surface area contributed by atoms with Gasteiger partial charge in [0.1, 0.15) is 11.4 Å². The fourth-order valence-corrected chi connectivity index (χ4v) is 2.53. The number of hydrogen-bond donors (Lipinski definition) is 0. The Bertz CT molecular complexity index is 613. The van der Waals surface area contributed by atoms with Crippen molar-refractivity contribution in [3.8, 4) is 5.75 Å². The molecule has 0 spiro atoms. The van der Waals surface area contributed by atoms with Gasteiger partial charge in [-0.1, -0.05) is 17.2 Å². The molecular formula is C17H24N4O3. The van der Waals surface area contributed by atoms with Gasteiger partial charge >= 0.3 is 6.09 Å². The Morgan fingerprint density at radius 1 is 1.33 bits per heavy atom. The highest BCUT2D eigenvalue weighted by Crippen LogP contribution is 2.28. The van der Waals surface area contributed by atoms with Gasteiger partial charge in [0, 0.05) is 18.0 Å². The molecule has 7 nitrogen and oxygen atoms in total. The second-order valence-corrected chi connectivity index (χ2v) is 6.88. The number of piperidine rings is 1. The van der Waals surface area contributed by atoms with E-state index in [0.717, 1.165) is 12.8 Å². The lowest BCUT2D eigenvalue weighted by Gasteiger charge is -2.33. The Morgan fingerprint density at radius 3 is 2.62 bits per heavy atom. The quantitative estimate of drug-likeness (QED) is 0.456. The molecule has 0 atom stereocenters. The predicted molar refractivity (Wildman–Crippen MR) is 91.3 cm³/mol. The Hall–Kier alpha value is -2.40. The predicted octanol–water partition coefficient (Wildman–Crippen LogP) is 4.65. The van der Waals surface area contributed by atoms with Crippen LogP contribution in [0.5, 0.6) is 5.75 Å². The number of amides is 1. The molecule has 0 aromatic heterocycles. The smallest absolute Gasteiger partial charge is 0.410 e. The number of rotatable bonds is 4. The molecule has 1 aromatic rings. The van der Waals surface area contributed by atoms with Crippen molar-refractivity contribution in [2.75, 3.05) is 19.7 Å². The zero-order chi connectivity index (χ0) is 17.6. The molecule has 1 aliphatic rings. The van der Waals surface area contributed by atoms with Crippen molar-refractivity contribution >= 4 is 11.8 Å². The lowest BCUT2D eigenvalue weighted by Crippen LogP contribution is -2.42. The summed E-state index contributed by atoms with van der Waals surface area (Å²) in [5.74, 6) is 0.952. The molecule has 0 N–H and O–H groups in total. The maximum atomic E-state index is 12.0. The third kappa shape index (κ3) is 5.35. The summed E-state index contributed by atoms with van der Waals surface area (Å²) in [6, 6.07) is 7.16. The molecule has 0 bridgehead atoms. The normalized spacial score (nSPS) is 15.5. The van der Waals surface area contributed by atoms with Crippen molar-refractivity contribution in [2.45, 2.75) is 39.2 Å². The van der Waals surface area contributed by atoms with Crippen LogP contribution in [0.2, 0.25) is 0 Å². The molecule has 7 heteroatoms. The van der Waals surface area contributed by atoms with Crippen molar-refractivity contribution in [1.29, 1.82) is 0 Å². The zero-order valence-corrected chi connectivity index (χ0v) is 14.4. The van der Waals surface area contributed by atoms with E-state index in [1.54, 1.807) is 23.1 Å². The minimum atomic E-state index is -0.470. The molecule has 24 heavy (non-hydrogen) atoms. The van der Waals surface area contributed by atoms with Crippen LogP contribution in [0.15, 0.2) is 29.4 Å². The Kier molecular flexibility index (Phi) is 5.93. The van der Waals surface area contributed by atoms with E-state index in [9.17, 15) is 4.79 Å². The maximum absolute atomic E-state index is 12.0. The Morgan fingerprint density at radius 2 is 2.00 bits per heavy atom. The summed E-state index contributed by atoms with van der Waals surface area (Å²) in [6.45, 7) is 7.48. The van der Waals surface area contributed by atoms with Gasteiger partial charge in [-0.3, -0.25) is 0 Å². The second kappa shape index (κ2) is 7.93. The maximum Gasteiger partial charge on any atom is 0.410 e. The van der Waals surface area contributed by atoms with Crippen LogP contribution in [0.25, 0.3) is 10.4 Å². The van der Waals surface area contributed by atoms with Crippen molar-refractivity contribution in [2.24, 2.45) is 11.0 Å². The topological polar surface area (TPSA) is 87.5 Å². The molecule has 0 aliphatic carbocycles. The van der Waals surface area contributed by atoms with Gasteiger partial charge in [-0.25, -0.2) is 4.79 Å². The summed E-state index contributed by atoms with van der Waals surface area (Å²) in [5.41, 5.74) is 8.60.